The molecule has 124 valence electrons. The number of nitriles is 1. The first kappa shape index (κ1) is 18.0. The third-order valence-electron chi connectivity index (χ3n) is 3.73. The molecule has 1 heterocycles. The molecule has 1 aromatic heterocycles. The molecular formula is C19H21N3OS. The van der Waals surface area contributed by atoms with Crippen molar-refractivity contribution in [2.24, 2.45) is 0 Å². The van der Waals surface area contributed by atoms with Crippen molar-refractivity contribution in [3.05, 3.63) is 53.2 Å². The SMILES string of the molecule is CCCCc1cccc(N)c1CC(=O)CSc1ccc(C#N)cn1. The number of carbonyl (C=O) groups is 1. The fraction of sp³-hybridized carbons (Fsp3) is 0.316. The van der Waals surface area contributed by atoms with E-state index in [9.17, 15) is 4.79 Å². The summed E-state index contributed by atoms with van der Waals surface area (Å²) in [4.78, 5) is 16.5. The highest BCUT2D eigenvalue weighted by molar-refractivity contribution is 7.99. The Morgan fingerprint density at radius 2 is 2.17 bits per heavy atom. The summed E-state index contributed by atoms with van der Waals surface area (Å²) in [5, 5.41) is 9.51. The van der Waals surface area contributed by atoms with Gasteiger partial charge in [-0.2, -0.15) is 5.26 Å². The van der Waals surface area contributed by atoms with E-state index in [1.165, 1.54) is 23.5 Å². The number of benzene rings is 1. The molecule has 1 aromatic carbocycles. The van der Waals surface area contributed by atoms with Crippen molar-refractivity contribution in [2.75, 3.05) is 11.5 Å². The van der Waals surface area contributed by atoms with Crippen molar-refractivity contribution in [3.63, 3.8) is 0 Å². The predicted octanol–water partition coefficient (Wildman–Crippen LogP) is 3.78. The molecule has 4 nitrogen and oxygen atoms in total. The van der Waals surface area contributed by atoms with Crippen molar-refractivity contribution in [1.29, 1.82) is 5.26 Å². The number of nitrogen functional groups attached to an aromatic ring is 1. The molecular weight excluding hydrogens is 318 g/mol. The molecule has 0 aliphatic rings. The second-order valence-corrected chi connectivity index (χ2v) is 6.59. The van der Waals surface area contributed by atoms with Gasteiger partial charge in [-0.15, -0.1) is 0 Å². The number of pyridine rings is 1. The largest absolute Gasteiger partial charge is 0.398 e. The maximum Gasteiger partial charge on any atom is 0.147 e. The molecule has 0 atom stereocenters. The van der Waals surface area contributed by atoms with Crippen LogP contribution in [0.4, 0.5) is 5.69 Å². The highest BCUT2D eigenvalue weighted by Gasteiger charge is 2.12. The van der Waals surface area contributed by atoms with E-state index < -0.39 is 0 Å². The summed E-state index contributed by atoms with van der Waals surface area (Å²) in [6.45, 7) is 2.15. The van der Waals surface area contributed by atoms with Gasteiger partial charge in [0.15, 0.2) is 0 Å². The third kappa shape index (κ3) is 5.10. The molecule has 5 heteroatoms. The fourth-order valence-corrected chi connectivity index (χ4v) is 3.11. The maximum absolute atomic E-state index is 12.3. The lowest BCUT2D eigenvalue weighted by Gasteiger charge is -2.11. The van der Waals surface area contributed by atoms with E-state index in [2.05, 4.69) is 18.0 Å². The molecule has 0 fully saturated rings. The first-order valence-corrected chi connectivity index (χ1v) is 8.99. The van der Waals surface area contributed by atoms with Crippen LogP contribution in [0.25, 0.3) is 0 Å². The second-order valence-electron chi connectivity index (χ2n) is 5.59. The number of thioether (sulfide) groups is 1. The van der Waals surface area contributed by atoms with Crippen LogP contribution in [-0.2, 0) is 17.6 Å². The number of ketones is 1. The van der Waals surface area contributed by atoms with Crippen LogP contribution in [0.3, 0.4) is 0 Å². The standard InChI is InChI=1S/C19H21N3OS/c1-2-3-5-15-6-4-7-18(21)17(15)10-16(23)13-24-19-9-8-14(11-20)12-22-19/h4,6-9,12H,2-3,5,10,13,21H2,1H3. The van der Waals surface area contributed by atoms with Gasteiger partial charge in [-0.25, -0.2) is 4.98 Å². The zero-order valence-electron chi connectivity index (χ0n) is 13.8. The first-order chi connectivity index (χ1) is 11.6. The fourth-order valence-electron chi connectivity index (χ4n) is 2.41. The monoisotopic (exact) mass is 339 g/mol. The minimum absolute atomic E-state index is 0.127. The van der Waals surface area contributed by atoms with Gasteiger partial charge in [0.05, 0.1) is 16.3 Å². The van der Waals surface area contributed by atoms with Crippen molar-refractivity contribution < 1.29 is 4.79 Å². The molecule has 2 rings (SSSR count). The summed E-state index contributed by atoms with van der Waals surface area (Å²) < 4.78 is 0. The molecule has 0 bridgehead atoms. The van der Waals surface area contributed by atoms with Crippen LogP contribution >= 0.6 is 11.8 Å². The van der Waals surface area contributed by atoms with Crippen LogP contribution in [0, 0.1) is 11.3 Å². The Bertz CT molecular complexity index is 735. The number of anilines is 1. The molecule has 2 N–H and O–H groups in total. The molecule has 0 aliphatic heterocycles. The van der Waals surface area contributed by atoms with Gasteiger partial charge in [0.25, 0.3) is 0 Å². The lowest BCUT2D eigenvalue weighted by molar-refractivity contribution is -0.116. The Morgan fingerprint density at radius 3 is 2.83 bits per heavy atom. The molecule has 24 heavy (non-hydrogen) atoms. The summed E-state index contributed by atoms with van der Waals surface area (Å²) in [6, 6.07) is 11.4. The smallest absolute Gasteiger partial charge is 0.147 e. The van der Waals surface area contributed by atoms with Crippen molar-refractivity contribution in [1.82, 2.24) is 4.98 Å². The minimum Gasteiger partial charge on any atom is -0.398 e. The number of unbranched alkanes of at least 4 members (excludes halogenated alkanes) is 1. The molecule has 2 aromatic rings. The Morgan fingerprint density at radius 1 is 1.33 bits per heavy atom. The second kappa shape index (κ2) is 9.09. The van der Waals surface area contributed by atoms with Crippen LogP contribution in [-0.4, -0.2) is 16.5 Å². The highest BCUT2D eigenvalue weighted by atomic mass is 32.2. The van der Waals surface area contributed by atoms with Crippen LogP contribution in [0.15, 0.2) is 41.6 Å². The summed E-state index contributed by atoms with van der Waals surface area (Å²) in [5.74, 6) is 0.474. The van der Waals surface area contributed by atoms with Crippen LogP contribution in [0.1, 0.15) is 36.5 Å². The number of hydrogen-bond acceptors (Lipinski definition) is 5. The van der Waals surface area contributed by atoms with E-state index >= 15 is 0 Å². The summed E-state index contributed by atoms with van der Waals surface area (Å²) in [7, 11) is 0. The molecule has 0 saturated heterocycles. The molecule has 0 radical (unpaired) electrons. The number of nitrogens with two attached hydrogens (primary N) is 1. The Kier molecular flexibility index (Phi) is 6.83. The number of rotatable bonds is 8. The van der Waals surface area contributed by atoms with E-state index in [0.29, 0.717) is 23.4 Å². The van der Waals surface area contributed by atoms with Gasteiger partial charge < -0.3 is 5.73 Å². The van der Waals surface area contributed by atoms with Gasteiger partial charge in [0, 0.05) is 18.3 Å². The molecule has 0 aliphatic carbocycles. The third-order valence-corrected chi connectivity index (χ3v) is 4.73. The lowest BCUT2D eigenvalue weighted by atomic mass is 9.97. The first-order valence-electron chi connectivity index (χ1n) is 8.01. The van der Waals surface area contributed by atoms with Crippen LogP contribution < -0.4 is 5.73 Å². The number of aromatic nitrogens is 1. The van der Waals surface area contributed by atoms with E-state index in [1.54, 1.807) is 12.1 Å². The quantitative estimate of drug-likeness (QED) is 0.585. The number of carbonyl (C=O) groups excluding carboxylic acids is 1. The summed E-state index contributed by atoms with van der Waals surface area (Å²) in [6.07, 6.45) is 5.03. The Balaban J connectivity index is 1.97. The van der Waals surface area contributed by atoms with Crippen molar-refractivity contribution >= 4 is 23.2 Å². The molecule has 0 saturated carbocycles. The average Bonchev–Trinajstić information content (AvgIpc) is 2.61. The van der Waals surface area contributed by atoms with Crippen molar-refractivity contribution in [3.8, 4) is 6.07 Å². The number of nitrogens with zero attached hydrogens (tertiary/aromatic N) is 2. The molecule has 0 unspecified atom stereocenters. The van der Waals surface area contributed by atoms with Gasteiger partial charge in [-0.05, 0) is 42.2 Å². The van der Waals surface area contributed by atoms with E-state index in [1.807, 2.05) is 18.2 Å². The average molecular weight is 339 g/mol. The van der Waals surface area contributed by atoms with E-state index in [-0.39, 0.29) is 5.78 Å². The minimum atomic E-state index is 0.127. The maximum atomic E-state index is 12.3. The number of aryl methyl sites for hydroxylation is 1. The van der Waals surface area contributed by atoms with Gasteiger partial charge in [-0.1, -0.05) is 37.2 Å². The zero-order chi connectivity index (χ0) is 17.4. The van der Waals surface area contributed by atoms with Gasteiger partial charge in [0.2, 0.25) is 0 Å². The Hall–Kier alpha value is -2.32. The van der Waals surface area contributed by atoms with Crippen LogP contribution in [0.2, 0.25) is 0 Å². The number of Topliss-reactive ketones (excluding diaryl/α,β-unsaturated/α-hetero) is 1. The lowest BCUT2D eigenvalue weighted by Crippen LogP contribution is -2.10. The van der Waals surface area contributed by atoms with Crippen LogP contribution in [0.5, 0.6) is 0 Å². The van der Waals surface area contributed by atoms with Crippen molar-refractivity contribution in [2.45, 2.75) is 37.6 Å². The molecule has 0 amide bonds. The van der Waals surface area contributed by atoms with E-state index in [0.717, 1.165) is 29.9 Å². The topological polar surface area (TPSA) is 79.8 Å². The number of hydrogen-bond donors (Lipinski definition) is 1. The Labute approximate surface area is 147 Å². The summed E-state index contributed by atoms with van der Waals surface area (Å²) in [5.41, 5.74) is 9.42. The normalized spacial score (nSPS) is 10.3. The van der Waals surface area contributed by atoms with Gasteiger partial charge in [0.1, 0.15) is 11.9 Å². The zero-order valence-corrected chi connectivity index (χ0v) is 14.6. The molecule has 0 spiro atoms. The van der Waals surface area contributed by atoms with Gasteiger partial charge >= 0.3 is 0 Å². The van der Waals surface area contributed by atoms with E-state index in [4.69, 9.17) is 11.0 Å². The van der Waals surface area contributed by atoms with Gasteiger partial charge in [-0.3, -0.25) is 4.79 Å². The summed E-state index contributed by atoms with van der Waals surface area (Å²) >= 11 is 1.39. The highest BCUT2D eigenvalue weighted by Crippen LogP contribution is 2.22. The predicted molar refractivity (Wildman–Crippen MR) is 97.9 cm³/mol.